The highest BCUT2D eigenvalue weighted by atomic mass is 28.3. The Bertz CT molecular complexity index is 442. The minimum absolute atomic E-state index is 0.376. The topological polar surface area (TPSA) is 44.8 Å². The van der Waals surface area contributed by atoms with Crippen molar-refractivity contribution in [3.63, 3.8) is 0 Å². The molecule has 21 heavy (non-hydrogen) atoms. The summed E-state index contributed by atoms with van der Waals surface area (Å²) in [7, 11) is -1.83. The number of carbonyl (C=O) groups is 1. The van der Waals surface area contributed by atoms with Crippen molar-refractivity contribution in [1.82, 2.24) is 0 Å². The van der Waals surface area contributed by atoms with Crippen LogP contribution in [0.1, 0.15) is 25.8 Å². The number of hydrogen-bond acceptors (Lipinski definition) is 4. The SMILES string of the molecule is C=CC(=O)OCCCc1ccccc1[SiH](OCC)OCC. The van der Waals surface area contributed by atoms with Gasteiger partial charge in [0.25, 0.3) is 0 Å². The Morgan fingerprint density at radius 2 is 1.90 bits per heavy atom. The second-order valence-corrected chi connectivity index (χ2v) is 6.37. The highest BCUT2D eigenvalue weighted by molar-refractivity contribution is 6.61. The molecule has 0 amide bonds. The molecule has 1 aromatic rings. The van der Waals surface area contributed by atoms with Gasteiger partial charge in [-0.1, -0.05) is 30.8 Å². The lowest BCUT2D eigenvalue weighted by Crippen LogP contribution is -2.39. The summed E-state index contributed by atoms with van der Waals surface area (Å²) in [6.07, 6.45) is 2.79. The highest BCUT2D eigenvalue weighted by Gasteiger charge is 2.18. The Balaban J connectivity index is 2.64. The molecule has 0 fully saturated rings. The average molecular weight is 308 g/mol. The lowest BCUT2D eigenvalue weighted by molar-refractivity contribution is -0.137. The van der Waals surface area contributed by atoms with Gasteiger partial charge in [0.15, 0.2) is 0 Å². The summed E-state index contributed by atoms with van der Waals surface area (Å²) in [4.78, 5) is 11.0. The van der Waals surface area contributed by atoms with Gasteiger partial charge in [-0.05, 0) is 37.4 Å². The number of benzene rings is 1. The fourth-order valence-electron chi connectivity index (χ4n) is 2.02. The number of hydrogen-bond donors (Lipinski definition) is 0. The molecule has 0 saturated carbocycles. The van der Waals surface area contributed by atoms with Crippen molar-refractivity contribution >= 4 is 20.4 Å². The third-order valence-corrected chi connectivity index (χ3v) is 5.29. The van der Waals surface area contributed by atoms with Crippen molar-refractivity contribution in [2.45, 2.75) is 26.7 Å². The number of ether oxygens (including phenoxy) is 1. The molecule has 4 nitrogen and oxygen atoms in total. The third-order valence-electron chi connectivity index (χ3n) is 2.95. The summed E-state index contributed by atoms with van der Waals surface area (Å²) in [5.74, 6) is -0.376. The predicted molar refractivity (Wildman–Crippen MR) is 86.0 cm³/mol. The van der Waals surface area contributed by atoms with Crippen LogP contribution < -0.4 is 5.19 Å². The molecule has 1 aromatic carbocycles. The Morgan fingerprint density at radius 1 is 1.24 bits per heavy atom. The van der Waals surface area contributed by atoms with Crippen LogP contribution in [0.25, 0.3) is 0 Å². The quantitative estimate of drug-likeness (QED) is 0.286. The van der Waals surface area contributed by atoms with Gasteiger partial charge in [0.2, 0.25) is 0 Å². The minimum Gasteiger partial charge on any atom is -0.463 e. The number of rotatable bonds is 10. The van der Waals surface area contributed by atoms with Crippen LogP contribution in [0.15, 0.2) is 36.9 Å². The van der Waals surface area contributed by atoms with Gasteiger partial charge >= 0.3 is 15.3 Å². The normalized spacial score (nSPS) is 10.6. The molecule has 0 aliphatic carbocycles. The largest absolute Gasteiger partial charge is 0.463 e. The Hall–Kier alpha value is -1.43. The van der Waals surface area contributed by atoms with E-state index < -0.39 is 9.28 Å². The van der Waals surface area contributed by atoms with Crippen molar-refractivity contribution in [1.29, 1.82) is 0 Å². The molecule has 0 N–H and O–H groups in total. The molecule has 0 saturated heterocycles. The first-order valence-electron chi connectivity index (χ1n) is 7.33. The van der Waals surface area contributed by atoms with Crippen molar-refractivity contribution in [2.75, 3.05) is 19.8 Å². The van der Waals surface area contributed by atoms with E-state index in [9.17, 15) is 4.79 Å². The van der Waals surface area contributed by atoms with Gasteiger partial charge in [0, 0.05) is 19.3 Å². The zero-order valence-electron chi connectivity index (χ0n) is 12.8. The summed E-state index contributed by atoms with van der Waals surface area (Å²) in [6, 6.07) is 8.18. The lowest BCUT2D eigenvalue weighted by atomic mass is 10.1. The van der Waals surface area contributed by atoms with Gasteiger partial charge in [0.1, 0.15) is 0 Å². The summed E-state index contributed by atoms with van der Waals surface area (Å²) in [6.45, 7) is 9.05. The van der Waals surface area contributed by atoms with Crippen LogP contribution in [0.3, 0.4) is 0 Å². The zero-order valence-corrected chi connectivity index (χ0v) is 14.0. The monoisotopic (exact) mass is 308 g/mol. The van der Waals surface area contributed by atoms with E-state index in [1.54, 1.807) is 0 Å². The first-order chi connectivity index (χ1) is 10.2. The summed E-state index contributed by atoms with van der Waals surface area (Å²) < 4.78 is 16.6. The Kier molecular flexibility index (Phi) is 8.65. The number of esters is 1. The molecule has 0 aromatic heterocycles. The lowest BCUT2D eigenvalue weighted by Gasteiger charge is -2.18. The van der Waals surface area contributed by atoms with Crippen molar-refractivity contribution in [3.8, 4) is 0 Å². The van der Waals surface area contributed by atoms with E-state index in [1.807, 2.05) is 26.0 Å². The highest BCUT2D eigenvalue weighted by Crippen LogP contribution is 2.05. The van der Waals surface area contributed by atoms with E-state index in [0.717, 1.165) is 12.8 Å². The standard InChI is InChI=1S/C16H24O4Si/c1-4-16(17)18-13-9-11-14-10-7-8-12-15(14)21(19-5-2)20-6-3/h4,7-8,10,12,21H,1,5-6,9,11,13H2,2-3H3. The van der Waals surface area contributed by atoms with E-state index in [1.165, 1.54) is 16.8 Å². The predicted octanol–water partition coefficient (Wildman–Crippen LogP) is 1.85. The molecule has 0 radical (unpaired) electrons. The molecule has 0 spiro atoms. The van der Waals surface area contributed by atoms with Crippen LogP contribution in [0.4, 0.5) is 0 Å². The average Bonchev–Trinajstić information content (AvgIpc) is 2.51. The molecule has 1 rings (SSSR count). The first kappa shape index (κ1) is 17.6. The maximum Gasteiger partial charge on any atom is 0.356 e. The van der Waals surface area contributed by atoms with Gasteiger partial charge < -0.3 is 13.6 Å². The van der Waals surface area contributed by atoms with E-state index in [0.29, 0.717) is 19.8 Å². The number of carbonyl (C=O) groups excluding carboxylic acids is 1. The van der Waals surface area contributed by atoms with Crippen LogP contribution in [-0.4, -0.2) is 35.1 Å². The Labute approximate surface area is 128 Å². The smallest absolute Gasteiger partial charge is 0.356 e. The molecule has 0 aliphatic heterocycles. The van der Waals surface area contributed by atoms with Crippen LogP contribution in [0, 0.1) is 0 Å². The molecule has 0 unspecified atom stereocenters. The van der Waals surface area contributed by atoms with E-state index >= 15 is 0 Å². The zero-order chi connectivity index (χ0) is 15.5. The van der Waals surface area contributed by atoms with Crippen LogP contribution in [-0.2, 0) is 24.8 Å². The van der Waals surface area contributed by atoms with E-state index in [-0.39, 0.29) is 5.97 Å². The molecule has 0 aliphatic rings. The summed E-state index contributed by atoms with van der Waals surface area (Å²) in [5, 5.41) is 1.18. The maximum atomic E-state index is 11.0. The fourth-order valence-corrected chi connectivity index (χ4v) is 3.89. The minimum atomic E-state index is -1.83. The summed E-state index contributed by atoms with van der Waals surface area (Å²) >= 11 is 0. The van der Waals surface area contributed by atoms with Gasteiger partial charge in [-0.2, -0.15) is 0 Å². The van der Waals surface area contributed by atoms with Crippen LogP contribution in [0.5, 0.6) is 0 Å². The van der Waals surface area contributed by atoms with Gasteiger partial charge in [-0.25, -0.2) is 4.79 Å². The molecular weight excluding hydrogens is 284 g/mol. The molecule has 5 heteroatoms. The molecule has 0 heterocycles. The fraction of sp³-hybridized carbons (Fsp3) is 0.438. The first-order valence-corrected chi connectivity index (χ1v) is 8.85. The van der Waals surface area contributed by atoms with Gasteiger partial charge in [0.05, 0.1) is 6.61 Å². The Morgan fingerprint density at radius 3 is 2.52 bits per heavy atom. The van der Waals surface area contributed by atoms with Gasteiger partial charge in [-0.3, -0.25) is 0 Å². The second kappa shape index (κ2) is 10.3. The van der Waals surface area contributed by atoms with Crippen LogP contribution >= 0.6 is 0 Å². The molecule has 0 bridgehead atoms. The van der Waals surface area contributed by atoms with Crippen molar-refractivity contribution in [2.24, 2.45) is 0 Å². The van der Waals surface area contributed by atoms with E-state index in [4.69, 9.17) is 13.6 Å². The van der Waals surface area contributed by atoms with E-state index in [2.05, 4.69) is 18.7 Å². The third kappa shape index (κ3) is 6.24. The van der Waals surface area contributed by atoms with Crippen molar-refractivity contribution in [3.05, 3.63) is 42.5 Å². The van der Waals surface area contributed by atoms with Gasteiger partial charge in [-0.15, -0.1) is 0 Å². The summed E-state index contributed by atoms with van der Waals surface area (Å²) in [5.41, 5.74) is 1.21. The molecule has 0 atom stereocenters. The van der Waals surface area contributed by atoms with Crippen molar-refractivity contribution < 1.29 is 18.4 Å². The molecular formula is C16H24O4Si. The van der Waals surface area contributed by atoms with Crippen LogP contribution in [0.2, 0.25) is 0 Å². The number of aryl methyl sites for hydroxylation is 1. The second-order valence-electron chi connectivity index (χ2n) is 4.42. The molecule has 116 valence electrons. The maximum absolute atomic E-state index is 11.0.